The average molecular weight is 336 g/mol. The van der Waals surface area contributed by atoms with E-state index in [9.17, 15) is 0 Å². The number of rotatable bonds is 7. The Morgan fingerprint density at radius 2 is 1.96 bits per heavy atom. The molecule has 2 atom stereocenters. The topological polar surface area (TPSA) is 54.6 Å². The minimum absolute atomic E-state index is 0.167. The maximum atomic E-state index is 6.12. The van der Waals surface area contributed by atoms with Crippen LogP contribution in [0.3, 0.4) is 0 Å². The molecule has 0 amide bonds. The molecule has 0 aromatic carbocycles. The lowest BCUT2D eigenvalue weighted by Gasteiger charge is -2.27. The van der Waals surface area contributed by atoms with Gasteiger partial charge in [0.2, 0.25) is 5.89 Å². The van der Waals surface area contributed by atoms with Crippen LogP contribution in [0.5, 0.6) is 0 Å². The van der Waals surface area contributed by atoms with Crippen molar-refractivity contribution in [2.75, 3.05) is 39.3 Å². The zero-order valence-electron chi connectivity index (χ0n) is 15.4. The van der Waals surface area contributed by atoms with E-state index in [0.717, 1.165) is 44.4 Å². The molecule has 0 spiro atoms. The zero-order chi connectivity index (χ0) is 16.9. The highest BCUT2D eigenvalue weighted by molar-refractivity contribution is 4.97. The van der Waals surface area contributed by atoms with Crippen LogP contribution in [0.15, 0.2) is 4.52 Å². The zero-order valence-corrected chi connectivity index (χ0v) is 15.4. The predicted molar refractivity (Wildman–Crippen MR) is 93.0 cm³/mol. The lowest BCUT2D eigenvalue weighted by atomic mass is 10.1. The molecule has 24 heavy (non-hydrogen) atoms. The second-order valence-electron chi connectivity index (χ2n) is 7.50. The summed E-state index contributed by atoms with van der Waals surface area (Å²) in [5.41, 5.74) is 0. The molecule has 0 radical (unpaired) electrons. The molecule has 2 aliphatic heterocycles. The van der Waals surface area contributed by atoms with E-state index in [2.05, 4.69) is 40.7 Å². The van der Waals surface area contributed by atoms with Crippen LogP contribution < -0.4 is 0 Å². The number of hydrogen-bond donors (Lipinski definition) is 0. The van der Waals surface area contributed by atoms with Crippen molar-refractivity contribution < 1.29 is 9.26 Å². The Bertz CT molecular complexity index is 499. The Balaban J connectivity index is 1.40. The van der Waals surface area contributed by atoms with Gasteiger partial charge in [-0.25, -0.2) is 0 Å². The summed E-state index contributed by atoms with van der Waals surface area (Å²) in [4.78, 5) is 9.46. The standard InChI is InChI=1S/C18H32N4O2/c1-14(2)17-19-18(24-20-17)15(3)22-10-7-16(13-22)23-12-11-21-8-5-4-6-9-21/h14-16H,4-13H2,1-3H3/t15-,16-/m0/s1. The first kappa shape index (κ1) is 17.8. The first-order valence-electron chi connectivity index (χ1n) is 9.55. The number of nitrogens with zero attached hydrogens (tertiary/aromatic N) is 4. The third-order valence-corrected chi connectivity index (χ3v) is 5.27. The largest absolute Gasteiger partial charge is 0.376 e. The van der Waals surface area contributed by atoms with E-state index in [0.29, 0.717) is 12.0 Å². The lowest BCUT2D eigenvalue weighted by Crippen LogP contribution is -2.34. The van der Waals surface area contributed by atoms with Crippen LogP contribution >= 0.6 is 0 Å². The fourth-order valence-electron chi connectivity index (χ4n) is 3.58. The summed E-state index contributed by atoms with van der Waals surface area (Å²) in [5.74, 6) is 1.83. The van der Waals surface area contributed by atoms with E-state index in [1.807, 2.05) is 0 Å². The van der Waals surface area contributed by atoms with E-state index in [1.54, 1.807) is 0 Å². The van der Waals surface area contributed by atoms with E-state index >= 15 is 0 Å². The van der Waals surface area contributed by atoms with Crippen LogP contribution in [0.25, 0.3) is 0 Å². The molecular formula is C18H32N4O2. The number of likely N-dealkylation sites (tertiary alicyclic amines) is 2. The quantitative estimate of drug-likeness (QED) is 0.763. The normalized spacial score (nSPS) is 24.8. The first-order chi connectivity index (χ1) is 11.6. The number of hydrogen-bond acceptors (Lipinski definition) is 6. The molecule has 0 saturated carbocycles. The van der Waals surface area contributed by atoms with Crippen molar-refractivity contribution in [1.82, 2.24) is 19.9 Å². The van der Waals surface area contributed by atoms with Crippen molar-refractivity contribution >= 4 is 0 Å². The third-order valence-electron chi connectivity index (χ3n) is 5.27. The van der Waals surface area contributed by atoms with Gasteiger partial charge in [-0.05, 0) is 39.3 Å². The van der Waals surface area contributed by atoms with E-state index in [4.69, 9.17) is 9.26 Å². The van der Waals surface area contributed by atoms with Crippen molar-refractivity contribution in [3.05, 3.63) is 11.7 Å². The molecule has 2 saturated heterocycles. The van der Waals surface area contributed by atoms with Gasteiger partial charge in [0.1, 0.15) is 0 Å². The Morgan fingerprint density at radius 3 is 2.67 bits per heavy atom. The van der Waals surface area contributed by atoms with Crippen molar-refractivity contribution in [1.29, 1.82) is 0 Å². The van der Waals surface area contributed by atoms with Gasteiger partial charge in [-0.2, -0.15) is 4.98 Å². The maximum absolute atomic E-state index is 6.12. The summed E-state index contributed by atoms with van der Waals surface area (Å²) < 4.78 is 11.6. The Hall–Kier alpha value is -0.980. The second-order valence-corrected chi connectivity index (χ2v) is 7.50. The minimum atomic E-state index is 0.167. The monoisotopic (exact) mass is 336 g/mol. The van der Waals surface area contributed by atoms with Gasteiger partial charge in [0.25, 0.3) is 0 Å². The molecule has 1 aromatic heterocycles. The molecule has 2 aliphatic rings. The summed E-state index contributed by atoms with van der Waals surface area (Å²) in [6.45, 7) is 12.7. The first-order valence-corrected chi connectivity index (χ1v) is 9.55. The Labute approximate surface area is 145 Å². The van der Waals surface area contributed by atoms with Gasteiger partial charge in [-0.3, -0.25) is 4.90 Å². The SMILES string of the molecule is CC(C)c1noc([C@H](C)N2CC[C@H](OCCN3CCCCC3)C2)n1. The fraction of sp³-hybridized carbons (Fsp3) is 0.889. The van der Waals surface area contributed by atoms with Gasteiger partial charge in [-0.1, -0.05) is 25.4 Å². The van der Waals surface area contributed by atoms with Gasteiger partial charge >= 0.3 is 0 Å². The van der Waals surface area contributed by atoms with Gasteiger partial charge in [0.15, 0.2) is 5.82 Å². The molecule has 3 rings (SSSR count). The molecule has 0 aliphatic carbocycles. The van der Waals surface area contributed by atoms with Crippen LogP contribution in [0, 0.1) is 0 Å². The van der Waals surface area contributed by atoms with Gasteiger partial charge < -0.3 is 14.2 Å². The molecular weight excluding hydrogens is 304 g/mol. The minimum Gasteiger partial charge on any atom is -0.376 e. The Kier molecular flexibility index (Phi) is 6.25. The highest BCUT2D eigenvalue weighted by Gasteiger charge is 2.30. The van der Waals surface area contributed by atoms with Crippen LogP contribution in [-0.2, 0) is 4.74 Å². The second kappa shape index (κ2) is 8.41. The predicted octanol–water partition coefficient (Wildman–Crippen LogP) is 2.83. The van der Waals surface area contributed by atoms with Crippen LogP contribution in [0.1, 0.15) is 70.1 Å². The van der Waals surface area contributed by atoms with Crippen molar-refractivity contribution in [3.8, 4) is 0 Å². The summed E-state index contributed by atoms with van der Waals surface area (Å²) in [5, 5.41) is 4.08. The number of piperidine rings is 1. The molecule has 0 N–H and O–H groups in total. The molecule has 6 heteroatoms. The molecule has 3 heterocycles. The summed E-state index contributed by atoms with van der Waals surface area (Å²) in [6.07, 6.45) is 5.51. The van der Waals surface area contributed by atoms with Crippen LogP contribution in [-0.4, -0.2) is 65.4 Å². The maximum Gasteiger partial charge on any atom is 0.243 e. The molecule has 2 fully saturated rings. The van der Waals surface area contributed by atoms with Crippen molar-refractivity contribution in [2.45, 2.75) is 64.5 Å². The van der Waals surface area contributed by atoms with E-state index < -0.39 is 0 Å². The molecule has 1 aromatic rings. The molecule has 0 bridgehead atoms. The lowest BCUT2D eigenvalue weighted by molar-refractivity contribution is 0.0362. The summed E-state index contributed by atoms with van der Waals surface area (Å²) >= 11 is 0. The van der Waals surface area contributed by atoms with Gasteiger partial charge in [0, 0.05) is 25.6 Å². The van der Waals surface area contributed by atoms with E-state index in [1.165, 1.54) is 32.4 Å². The average Bonchev–Trinajstić information content (AvgIpc) is 3.25. The highest BCUT2D eigenvalue weighted by atomic mass is 16.5. The van der Waals surface area contributed by atoms with Crippen LogP contribution in [0.4, 0.5) is 0 Å². The van der Waals surface area contributed by atoms with Gasteiger partial charge in [0.05, 0.1) is 18.8 Å². The molecule has 6 nitrogen and oxygen atoms in total. The van der Waals surface area contributed by atoms with E-state index in [-0.39, 0.29) is 6.04 Å². The fourth-order valence-corrected chi connectivity index (χ4v) is 3.58. The van der Waals surface area contributed by atoms with Crippen molar-refractivity contribution in [2.24, 2.45) is 0 Å². The van der Waals surface area contributed by atoms with Crippen molar-refractivity contribution in [3.63, 3.8) is 0 Å². The Morgan fingerprint density at radius 1 is 1.17 bits per heavy atom. The highest BCUT2D eigenvalue weighted by Crippen LogP contribution is 2.25. The number of aromatic nitrogens is 2. The summed E-state index contributed by atoms with van der Waals surface area (Å²) in [6, 6.07) is 0.167. The van der Waals surface area contributed by atoms with Gasteiger partial charge in [-0.15, -0.1) is 0 Å². The smallest absolute Gasteiger partial charge is 0.243 e. The molecule has 136 valence electrons. The molecule has 0 unspecified atom stereocenters. The summed E-state index contributed by atoms with van der Waals surface area (Å²) in [7, 11) is 0. The third kappa shape index (κ3) is 4.55. The number of ether oxygens (including phenoxy) is 1. The van der Waals surface area contributed by atoms with Crippen LogP contribution in [0.2, 0.25) is 0 Å².